The minimum atomic E-state index is -0.756. The van der Waals surface area contributed by atoms with Crippen molar-refractivity contribution in [1.82, 2.24) is 4.90 Å². The molecule has 0 rings (SSSR count). The first-order valence-corrected chi connectivity index (χ1v) is 16.4. The van der Waals surface area contributed by atoms with E-state index < -0.39 is 5.97 Å². The Bertz CT molecular complexity index is 508. The molecule has 0 radical (unpaired) electrons. The summed E-state index contributed by atoms with van der Waals surface area (Å²) in [7, 11) is 1.94. The van der Waals surface area contributed by atoms with Crippen molar-refractivity contribution in [2.24, 2.45) is 0 Å². The van der Waals surface area contributed by atoms with Gasteiger partial charge in [0.05, 0.1) is 13.0 Å². The van der Waals surface area contributed by atoms with E-state index in [-0.39, 0.29) is 18.2 Å². The van der Waals surface area contributed by atoms with E-state index in [2.05, 4.69) is 13.8 Å². The standard InChI is InChI=1S/C33H65NO3/c1-4-6-8-10-12-14-16-18-19-21-23-25-27-31(29-33(36)37)34(3)30-32(35)28-26-24-22-20-17-15-13-11-9-7-5-2/h31H,4-30H2,1-3H3,(H,36,37). The van der Waals surface area contributed by atoms with Crippen molar-refractivity contribution in [1.29, 1.82) is 0 Å². The molecule has 0 spiro atoms. The summed E-state index contributed by atoms with van der Waals surface area (Å²) in [6.07, 6.45) is 31.6. The third-order valence-electron chi connectivity index (χ3n) is 7.91. The summed E-state index contributed by atoms with van der Waals surface area (Å²) in [5.74, 6) is -0.489. The summed E-state index contributed by atoms with van der Waals surface area (Å²) in [6, 6.07) is -0.0260. The van der Waals surface area contributed by atoms with Gasteiger partial charge in [0.15, 0.2) is 0 Å². The van der Waals surface area contributed by atoms with Crippen molar-refractivity contribution >= 4 is 11.8 Å². The average Bonchev–Trinajstić information content (AvgIpc) is 2.87. The van der Waals surface area contributed by atoms with Gasteiger partial charge in [-0.15, -0.1) is 0 Å². The van der Waals surface area contributed by atoms with Crippen LogP contribution >= 0.6 is 0 Å². The quantitative estimate of drug-likeness (QED) is 0.0951. The van der Waals surface area contributed by atoms with Crippen LogP contribution in [0.4, 0.5) is 0 Å². The number of aliphatic carboxylic acids is 1. The van der Waals surface area contributed by atoms with E-state index in [0.717, 1.165) is 25.7 Å². The van der Waals surface area contributed by atoms with Crippen LogP contribution in [-0.4, -0.2) is 41.4 Å². The van der Waals surface area contributed by atoms with Crippen LogP contribution in [0.3, 0.4) is 0 Å². The van der Waals surface area contributed by atoms with Gasteiger partial charge in [-0.3, -0.25) is 14.5 Å². The van der Waals surface area contributed by atoms with Gasteiger partial charge in [-0.1, -0.05) is 155 Å². The first-order valence-electron chi connectivity index (χ1n) is 16.4. The number of carbonyl (C=O) groups is 2. The van der Waals surface area contributed by atoms with Crippen molar-refractivity contribution in [3.05, 3.63) is 0 Å². The maximum Gasteiger partial charge on any atom is 0.304 e. The number of carbonyl (C=O) groups excluding carboxylic acids is 1. The lowest BCUT2D eigenvalue weighted by Gasteiger charge is -2.26. The normalized spacial score (nSPS) is 12.3. The van der Waals surface area contributed by atoms with E-state index in [0.29, 0.717) is 13.0 Å². The van der Waals surface area contributed by atoms with Gasteiger partial charge >= 0.3 is 5.97 Å². The predicted molar refractivity (Wildman–Crippen MR) is 160 cm³/mol. The van der Waals surface area contributed by atoms with Crippen LogP contribution in [0, 0.1) is 0 Å². The van der Waals surface area contributed by atoms with Crippen molar-refractivity contribution < 1.29 is 14.7 Å². The van der Waals surface area contributed by atoms with Crippen LogP contribution in [0.25, 0.3) is 0 Å². The van der Waals surface area contributed by atoms with Gasteiger partial charge < -0.3 is 5.11 Å². The van der Waals surface area contributed by atoms with Crippen LogP contribution in [-0.2, 0) is 9.59 Å². The zero-order valence-electron chi connectivity index (χ0n) is 25.4. The molecular weight excluding hydrogens is 458 g/mol. The Kier molecular flexibility index (Phi) is 27.4. The van der Waals surface area contributed by atoms with E-state index in [1.165, 1.54) is 128 Å². The van der Waals surface area contributed by atoms with Gasteiger partial charge in [-0.2, -0.15) is 0 Å². The number of nitrogens with zero attached hydrogens (tertiary/aromatic N) is 1. The van der Waals surface area contributed by atoms with Crippen LogP contribution in [0.15, 0.2) is 0 Å². The number of hydrogen-bond acceptors (Lipinski definition) is 3. The highest BCUT2D eigenvalue weighted by molar-refractivity contribution is 5.80. The average molecular weight is 524 g/mol. The van der Waals surface area contributed by atoms with Gasteiger partial charge in [0.25, 0.3) is 0 Å². The molecule has 4 nitrogen and oxygen atoms in total. The van der Waals surface area contributed by atoms with Crippen LogP contribution < -0.4 is 0 Å². The smallest absolute Gasteiger partial charge is 0.304 e. The number of likely N-dealkylation sites (N-methyl/N-ethyl adjacent to an activating group) is 1. The van der Waals surface area contributed by atoms with E-state index >= 15 is 0 Å². The van der Waals surface area contributed by atoms with Crippen LogP contribution in [0.2, 0.25) is 0 Å². The molecule has 0 aromatic carbocycles. The summed E-state index contributed by atoms with van der Waals surface area (Å²) >= 11 is 0. The zero-order chi connectivity index (χ0) is 27.4. The Balaban J connectivity index is 3.83. The minimum Gasteiger partial charge on any atom is -0.481 e. The van der Waals surface area contributed by atoms with E-state index in [9.17, 15) is 14.7 Å². The molecule has 0 aromatic rings. The highest BCUT2D eigenvalue weighted by Crippen LogP contribution is 2.17. The molecule has 0 saturated heterocycles. The summed E-state index contributed by atoms with van der Waals surface area (Å²) in [5.41, 5.74) is 0. The predicted octanol–water partition coefficient (Wildman–Crippen LogP) is 10.1. The summed E-state index contributed by atoms with van der Waals surface area (Å²) in [6.45, 7) is 4.92. The van der Waals surface area contributed by atoms with Gasteiger partial charge in [0.1, 0.15) is 5.78 Å². The highest BCUT2D eigenvalue weighted by Gasteiger charge is 2.20. The topological polar surface area (TPSA) is 57.6 Å². The zero-order valence-corrected chi connectivity index (χ0v) is 25.4. The number of ketones is 1. The van der Waals surface area contributed by atoms with Crippen LogP contribution in [0.1, 0.15) is 181 Å². The molecular formula is C33H65NO3. The second-order valence-corrected chi connectivity index (χ2v) is 11.7. The Hall–Kier alpha value is -0.900. The third-order valence-corrected chi connectivity index (χ3v) is 7.91. The maximum atomic E-state index is 12.5. The molecule has 0 aliphatic heterocycles. The van der Waals surface area contributed by atoms with E-state index in [1.807, 2.05) is 11.9 Å². The summed E-state index contributed by atoms with van der Waals surface area (Å²) in [4.78, 5) is 25.9. The highest BCUT2D eigenvalue weighted by atomic mass is 16.4. The lowest BCUT2D eigenvalue weighted by Crippen LogP contribution is -2.37. The third kappa shape index (κ3) is 26.5. The first-order chi connectivity index (χ1) is 18.0. The lowest BCUT2D eigenvalue weighted by molar-refractivity contribution is -0.139. The summed E-state index contributed by atoms with van der Waals surface area (Å²) < 4.78 is 0. The number of Topliss-reactive ketones (excluding diaryl/α,β-unsaturated/α-hetero) is 1. The maximum absolute atomic E-state index is 12.5. The van der Waals surface area contributed by atoms with Gasteiger partial charge in [-0.05, 0) is 19.9 Å². The van der Waals surface area contributed by atoms with Gasteiger partial charge in [0.2, 0.25) is 0 Å². The molecule has 0 amide bonds. The fraction of sp³-hybridized carbons (Fsp3) is 0.939. The molecule has 0 heterocycles. The first kappa shape index (κ1) is 36.1. The molecule has 0 aliphatic carbocycles. The molecule has 1 atom stereocenters. The second-order valence-electron chi connectivity index (χ2n) is 11.7. The number of hydrogen-bond donors (Lipinski definition) is 1. The Morgan fingerprint density at radius 1 is 0.568 bits per heavy atom. The molecule has 4 heteroatoms. The van der Waals surface area contributed by atoms with Crippen molar-refractivity contribution in [2.75, 3.05) is 13.6 Å². The molecule has 0 bridgehead atoms. The van der Waals surface area contributed by atoms with Crippen LogP contribution in [0.5, 0.6) is 0 Å². The fourth-order valence-electron chi connectivity index (χ4n) is 5.37. The van der Waals surface area contributed by atoms with Crippen molar-refractivity contribution in [2.45, 2.75) is 187 Å². The second kappa shape index (κ2) is 28.1. The Morgan fingerprint density at radius 3 is 1.30 bits per heavy atom. The van der Waals surface area contributed by atoms with E-state index in [1.54, 1.807) is 0 Å². The molecule has 220 valence electrons. The SMILES string of the molecule is CCCCCCCCCCCCCCC(CC(=O)O)N(C)CC(=O)CCCCCCCCCCCCC. The van der Waals surface area contributed by atoms with Gasteiger partial charge in [0, 0.05) is 12.5 Å². The molecule has 0 fully saturated rings. The molecule has 0 aromatic heterocycles. The molecule has 1 N–H and O–H groups in total. The molecule has 1 unspecified atom stereocenters. The van der Waals surface area contributed by atoms with Crippen molar-refractivity contribution in [3.63, 3.8) is 0 Å². The monoisotopic (exact) mass is 523 g/mol. The Morgan fingerprint density at radius 2 is 0.919 bits per heavy atom. The minimum absolute atomic E-state index is 0.0260. The van der Waals surface area contributed by atoms with Crippen molar-refractivity contribution in [3.8, 4) is 0 Å². The van der Waals surface area contributed by atoms with E-state index in [4.69, 9.17) is 0 Å². The molecule has 0 aliphatic rings. The summed E-state index contributed by atoms with van der Waals surface area (Å²) in [5, 5.41) is 9.36. The number of carboxylic acid groups (broad SMARTS) is 1. The largest absolute Gasteiger partial charge is 0.481 e. The molecule has 37 heavy (non-hydrogen) atoms. The Labute approximate surface area is 231 Å². The number of unbranched alkanes of at least 4 members (excludes halogenated alkanes) is 21. The van der Waals surface area contributed by atoms with Gasteiger partial charge in [-0.25, -0.2) is 0 Å². The fourth-order valence-corrected chi connectivity index (χ4v) is 5.37. The lowest BCUT2D eigenvalue weighted by atomic mass is 10.0. The number of carboxylic acids is 1. The number of rotatable bonds is 30. The molecule has 0 saturated carbocycles.